The molecule has 0 atom stereocenters. The highest BCUT2D eigenvalue weighted by Gasteiger charge is 2.31. The summed E-state index contributed by atoms with van der Waals surface area (Å²) >= 11 is 0. The highest BCUT2D eigenvalue weighted by molar-refractivity contribution is 6.01. The molecule has 0 spiro atoms. The third-order valence-corrected chi connectivity index (χ3v) is 5.43. The number of fused-ring (bicyclic) bond motifs is 1. The maximum absolute atomic E-state index is 12.9. The number of furan rings is 1. The molecule has 2 N–H and O–H groups in total. The first-order valence-corrected chi connectivity index (χ1v) is 9.11. The summed E-state index contributed by atoms with van der Waals surface area (Å²) in [6.07, 6.45) is 3.79. The summed E-state index contributed by atoms with van der Waals surface area (Å²) in [7, 11) is 0. The van der Waals surface area contributed by atoms with Crippen molar-refractivity contribution in [2.24, 2.45) is 11.7 Å². The Balaban J connectivity index is 1.51. The SMILES string of the molecule is NCC1CCN(C(=O)c2occc2CN2C(=O)Cc3ccccc32)CC1. The molecule has 0 aliphatic carbocycles. The lowest BCUT2D eigenvalue weighted by Crippen LogP contribution is -2.40. The van der Waals surface area contributed by atoms with Crippen LogP contribution in [0.25, 0.3) is 0 Å². The van der Waals surface area contributed by atoms with Gasteiger partial charge in [0.25, 0.3) is 5.91 Å². The van der Waals surface area contributed by atoms with Crippen LogP contribution in [0.15, 0.2) is 41.0 Å². The number of para-hydroxylation sites is 1. The monoisotopic (exact) mass is 353 g/mol. The summed E-state index contributed by atoms with van der Waals surface area (Å²) < 4.78 is 5.51. The molecule has 2 aliphatic heterocycles. The summed E-state index contributed by atoms with van der Waals surface area (Å²) in [6.45, 7) is 2.43. The largest absolute Gasteiger partial charge is 0.459 e. The Bertz CT molecular complexity index is 821. The number of nitrogens with zero attached hydrogens (tertiary/aromatic N) is 2. The van der Waals surface area contributed by atoms with Crippen molar-refractivity contribution in [1.82, 2.24) is 4.90 Å². The summed E-state index contributed by atoms with van der Waals surface area (Å²) in [5.74, 6) is 0.789. The van der Waals surface area contributed by atoms with Crippen molar-refractivity contribution in [3.63, 3.8) is 0 Å². The van der Waals surface area contributed by atoms with Gasteiger partial charge in [-0.1, -0.05) is 18.2 Å². The molecular formula is C20H23N3O3. The minimum Gasteiger partial charge on any atom is -0.459 e. The van der Waals surface area contributed by atoms with Crippen LogP contribution in [0.3, 0.4) is 0 Å². The minimum absolute atomic E-state index is 0.0505. The van der Waals surface area contributed by atoms with Gasteiger partial charge in [0.05, 0.1) is 19.2 Å². The average Bonchev–Trinajstić information content (AvgIpc) is 3.26. The third kappa shape index (κ3) is 3.01. The number of hydrogen-bond donors (Lipinski definition) is 1. The van der Waals surface area contributed by atoms with Crippen LogP contribution >= 0.6 is 0 Å². The van der Waals surface area contributed by atoms with Gasteiger partial charge in [-0.3, -0.25) is 9.59 Å². The molecule has 3 heterocycles. The van der Waals surface area contributed by atoms with Gasteiger partial charge < -0.3 is 20.0 Å². The van der Waals surface area contributed by atoms with Crippen molar-refractivity contribution in [1.29, 1.82) is 0 Å². The van der Waals surface area contributed by atoms with E-state index in [9.17, 15) is 9.59 Å². The number of rotatable bonds is 4. The molecule has 0 bridgehead atoms. The zero-order valence-electron chi connectivity index (χ0n) is 14.7. The first-order chi connectivity index (χ1) is 12.7. The fourth-order valence-corrected chi connectivity index (χ4v) is 3.82. The van der Waals surface area contributed by atoms with E-state index in [4.69, 9.17) is 10.2 Å². The van der Waals surface area contributed by atoms with Gasteiger partial charge in [-0.05, 0) is 43.0 Å². The Labute approximate surface area is 152 Å². The van der Waals surface area contributed by atoms with Crippen molar-refractivity contribution < 1.29 is 14.0 Å². The maximum Gasteiger partial charge on any atom is 0.289 e. The Kier molecular flexibility index (Phi) is 4.51. The lowest BCUT2D eigenvalue weighted by molar-refractivity contribution is -0.117. The molecule has 1 saturated heterocycles. The molecule has 2 aromatic rings. The predicted octanol–water partition coefficient (Wildman–Crippen LogP) is 2.18. The van der Waals surface area contributed by atoms with Crippen molar-refractivity contribution in [3.05, 3.63) is 53.5 Å². The zero-order valence-corrected chi connectivity index (χ0v) is 14.7. The Hall–Kier alpha value is -2.60. The number of benzene rings is 1. The number of likely N-dealkylation sites (tertiary alicyclic amines) is 1. The summed E-state index contributed by atoms with van der Waals surface area (Å²) in [5, 5.41) is 0. The molecule has 0 radical (unpaired) electrons. The molecule has 4 rings (SSSR count). The molecule has 1 aromatic carbocycles. The normalized spacial score (nSPS) is 17.7. The smallest absolute Gasteiger partial charge is 0.289 e. The second kappa shape index (κ2) is 6.96. The van der Waals surface area contributed by atoms with Crippen LogP contribution in [-0.2, 0) is 17.8 Å². The van der Waals surface area contributed by atoms with E-state index in [-0.39, 0.29) is 11.8 Å². The van der Waals surface area contributed by atoms with Crippen LogP contribution in [0, 0.1) is 5.92 Å². The first kappa shape index (κ1) is 16.8. The first-order valence-electron chi connectivity index (χ1n) is 9.11. The van der Waals surface area contributed by atoms with Gasteiger partial charge in [0.2, 0.25) is 5.91 Å². The molecule has 136 valence electrons. The second-order valence-electron chi connectivity index (χ2n) is 7.03. The van der Waals surface area contributed by atoms with E-state index in [2.05, 4.69) is 0 Å². The lowest BCUT2D eigenvalue weighted by Gasteiger charge is -2.31. The fourth-order valence-electron chi connectivity index (χ4n) is 3.82. The van der Waals surface area contributed by atoms with E-state index < -0.39 is 0 Å². The quantitative estimate of drug-likeness (QED) is 0.914. The number of piperidine rings is 1. The van der Waals surface area contributed by atoms with Crippen molar-refractivity contribution in [2.45, 2.75) is 25.8 Å². The summed E-state index contributed by atoms with van der Waals surface area (Å²) in [4.78, 5) is 28.8. The molecule has 26 heavy (non-hydrogen) atoms. The van der Waals surface area contributed by atoms with E-state index in [1.165, 1.54) is 6.26 Å². The highest BCUT2D eigenvalue weighted by atomic mass is 16.3. The van der Waals surface area contributed by atoms with Gasteiger partial charge >= 0.3 is 0 Å². The zero-order chi connectivity index (χ0) is 18.1. The standard InChI is InChI=1S/C20H23N3O3/c21-12-14-5-8-22(9-6-14)20(25)19-16(7-10-26-19)13-23-17-4-2-1-3-15(17)11-18(23)24/h1-4,7,10,14H,5-6,8-9,11-13,21H2. The number of amides is 2. The van der Waals surface area contributed by atoms with Crippen LogP contribution in [0.5, 0.6) is 0 Å². The number of anilines is 1. The van der Waals surface area contributed by atoms with Gasteiger partial charge in [0, 0.05) is 24.3 Å². The Morgan fingerprint density at radius 2 is 1.96 bits per heavy atom. The van der Waals surface area contributed by atoms with Gasteiger partial charge in [0.1, 0.15) is 0 Å². The average molecular weight is 353 g/mol. The Morgan fingerprint density at radius 1 is 1.19 bits per heavy atom. The van der Waals surface area contributed by atoms with E-state index in [1.54, 1.807) is 11.0 Å². The Morgan fingerprint density at radius 3 is 2.73 bits per heavy atom. The third-order valence-electron chi connectivity index (χ3n) is 5.43. The van der Waals surface area contributed by atoms with Crippen LogP contribution in [0.1, 0.15) is 34.5 Å². The number of nitrogens with two attached hydrogens (primary N) is 1. The molecule has 6 nitrogen and oxygen atoms in total. The summed E-state index contributed by atoms with van der Waals surface area (Å²) in [5.41, 5.74) is 8.42. The molecule has 1 fully saturated rings. The van der Waals surface area contributed by atoms with Gasteiger partial charge in [-0.25, -0.2) is 0 Å². The second-order valence-corrected chi connectivity index (χ2v) is 7.03. The molecule has 1 aromatic heterocycles. The number of carbonyl (C=O) groups is 2. The van der Waals surface area contributed by atoms with Gasteiger partial charge in [0.15, 0.2) is 5.76 Å². The predicted molar refractivity (Wildman–Crippen MR) is 97.7 cm³/mol. The topological polar surface area (TPSA) is 79.8 Å². The lowest BCUT2D eigenvalue weighted by atomic mass is 9.97. The molecule has 2 amide bonds. The molecule has 0 unspecified atom stereocenters. The number of carbonyl (C=O) groups excluding carboxylic acids is 2. The van der Waals surface area contributed by atoms with E-state index >= 15 is 0 Å². The van der Waals surface area contributed by atoms with Crippen LogP contribution < -0.4 is 10.6 Å². The van der Waals surface area contributed by atoms with E-state index in [1.807, 2.05) is 29.2 Å². The minimum atomic E-state index is -0.0968. The highest BCUT2D eigenvalue weighted by Crippen LogP contribution is 2.31. The molecule has 0 saturated carbocycles. The molecular weight excluding hydrogens is 330 g/mol. The van der Waals surface area contributed by atoms with E-state index in [0.717, 1.165) is 29.7 Å². The van der Waals surface area contributed by atoms with Crippen LogP contribution in [0.2, 0.25) is 0 Å². The molecule has 6 heteroatoms. The fraction of sp³-hybridized carbons (Fsp3) is 0.400. The van der Waals surface area contributed by atoms with Crippen LogP contribution in [0.4, 0.5) is 5.69 Å². The van der Waals surface area contributed by atoms with Crippen molar-refractivity contribution in [2.75, 3.05) is 24.5 Å². The van der Waals surface area contributed by atoms with Crippen LogP contribution in [-0.4, -0.2) is 36.3 Å². The maximum atomic E-state index is 12.9. The van der Waals surface area contributed by atoms with Crippen molar-refractivity contribution in [3.8, 4) is 0 Å². The van der Waals surface area contributed by atoms with E-state index in [0.29, 0.717) is 44.3 Å². The number of hydrogen-bond acceptors (Lipinski definition) is 4. The van der Waals surface area contributed by atoms with Gasteiger partial charge in [-0.2, -0.15) is 0 Å². The molecule has 2 aliphatic rings. The van der Waals surface area contributed by atoms with Gasteiger partial charge in [-0.15, -0.1) is 0 Å². The summed E-state index contributed by atoms with van der Waals surface area (Å²) in [6, 6.07) is 9.56. The van der Waals surface area contributed by atoms with Crippen molar-refractivity contribution >= 4 is 17.5 Å².